The number of allylic oxidation sites excluding steroid dienone is 1. The first kappa shape index (κ1) is 9.52. The molecular formula is C12H11NO2. The highest BCUT2D eigenvalue weighted by molar-refractivity contribution is 5.76. The highest BCUT2D eigenvalue weighted by Gasteiger charge is 2.03. The number of rotatable bonds is 2. The predicted molar refractivity (Wildman–Crippen MR) is 59.5 cm³/mol. The topological polar surface area (TPSA) is 56.2 Å². The second-order valence-electron chi connectivity index (χ2n) is 3.41. The maximum absolute atomic E-state index is 11.7. The van der Waals surface area contributed by atoms with Crippen LogP contribution >= 0.6 is 0 Å². The van der Waals surface area contributed by atoms with E-state index in [9.17, 15) is 4.79 Å². The fraction of sp³-hybridized carbons (Fsp3) is 0.0833. The lowest BCUT2D eigenvalue weighted by Crippen LogP contribution is -2.05. The first-order valence-electron chi connectivity index (χ1n) is 4.62. The molecule has 2 aromatic rings. The monoisotopic (exact) mass is 201 g/mol. The van der Waals surface area contributed by atoms with Crippen molar-refractivity contribution >= 4 is 11.0 Å². The summed E-state index contributed by atoms with van der Waals surface area (Å²) in [5.41, 5.74) is 6.48. The van der Waals surface area contributed by atoms with Gasteiger partial charge in [-0.2, -0.15) is 0 Å². The summed E-state index contributed by atoms with van der Waals surface area (Å²) in [5.74, 6) is 0.547. The molecule has 0 unspecified atom stereocenters. The summed E-state index contributed by atoms with van der Waals surface area (Å²) in [6.45, 7) is 3.58. The third kappa shape index (κ3) is 1.91. The van der Waals surface area contributed by atoms with Gasteiger partial charge in [0.15, 0.2) is 5.43 Å². The number of benzene rings is 1. The molecule has 3 heteroatoms. The normalized spacial score (nSPS) is 10.4. The summed E-state index contributed by atoms with van der Waals surface area (Å²) in [6, 6.07) is 8.59. The zero-order chi connectivity index (χ0) is 10.8. The lowest BCUT2D eigenvalue weighted by atomic mass is 10.2. The quantitative estimate of drug-likeness (QED) is 0.806. The summed E-state index contributed by atoms with van der Waals surface area (Å²) < 4.78 is 5.51. The van der Waals surface area contributed by atoms with Gasteiger partial charge in [0, 0.05) is 18.2 Å². The van der Waals surface area contributed by atoms with E-state index < -0.39 is 0 Å². The molecule has 0 fully saturated rings. The minimum Gasteiger partial charge on any atom is -0.460 e. The Morgan fingerprint density at radius 2 is 2.13 bits per heavy atom. The zero-order valence-corrected chi connectivity index (χ0v) is 8.19. The SMILES string of the molecule is C=C(N)Cc1cc(=O)c2ccccc2o1. The van der Waals surface area contributed by atoms with Crippen LogP contribution in [0.4, 0.5) is 0 Å². The van der Waals surface area contributed by atoms with E-state index in [1.165, 1.54) is 6.07 Å². The van der Waals surface area contributed by atoms with E-state index in [4.69, 9.17) is 10.2 Å². The molecule has 0 saturated carbocycles. The Kier molecular flexibility index (Phi) is 2.29. The minimum atomic E-state index is -0.0481. The average Bonchev–Trinajstić information content (AvgIpc) is 2.16. The van der Waals surface area contributed by atoms with Crippen molar-refractivity contribution in [3.8, 4) is 0 Å². The second kappa shape index (κ2) is 3.61. The molecule has 0 aliphatic heterocycles. The van der Waals surface area contributed by atoms with Gasteiger partial charge in [0.05, 0.1) is 5.39 Å². The van der Waals surface area contributed by atoms with Gasteiger partial charge >= 0.3 is 0 Å². The van der Waals surface area contributed by atoms with Crippen LogP contribution < -0.4 is 11.2 Å². The molecule has 0 aliphatic carbocycles. The van der Waals surface area contributed by atoms with E-state index in [-0.39, 0.29) is 5.43 Å². The van der Waals surface area contributed by atoms with Crippen LogP contribution in [-0.4, -0.2) is 0 Å². The van der Waals surface area contributed by atoms with Crippen LogP contribution in [0.2, 0.25) is 0 Å². The highest BCUT2D eigenvalue weighted by atomic mass is 16.3. The Morgan fingerprint density at radius 1 is 1.40 bits per heavy atom. The molecule has 15 heavy (non-hydrogen) atoms. The van der Waals surface area contributed by atoms with Crippen LogP contribution in [0.3, 0.4) is 0 Å². The molecule has 0 atom stereocenters. The van der Waals surface area contributed by atoms with Gasteiger partial charge in [-0.05, 0) is 12.1 Å². The van der Waals surface area contributed by atoms with Gasteiger partial charge in [0.1, 0.15) is 11.3 Å². The van der Waals surface area contributed by atoms with E-state index in [0.29, 0.717) is 28.8 Å². The van der Waals surface area contributed by atoms with Crippen molar-refractivity contribution in [1.29, 1.82) is 0 Å². The van der Waals surface area contributed by atoms with Crippen LogP contribution in [0, 0.1) is 0 Å². The minimum absolute atomic E-state index is 0.0481. The highest BCUT2D eigenvalue weighted by Crippen LogP contribution is 2.12. The van der Waals surface area contributed by atoms with Crippen molar-refractivity contribution < 1.29 is 4.42 Å². The second-order valence-corrected chi connectivity index (χ2v) is 3.41. The summed E-state index contributed by atoms with van der Waals surface area (Å²) in [7, 11) is 0. The number of hydrogen-bond acceptors (Lipinski definition) is 3. The number of fused-ring (bicyclic) bond motifs is 1. The summed E-state index contributed by atoms with van der Waals surface area (Å²) in [6.07, 6.45) is 0.389. The molecule has 1 aromatic carbocycles. The van der Waals surface area contributed by atoms with Gasteiger partial charge < -0.3 is 10.2 Å². The number of nitrogens with two attached hydrogens (primary N) is 1. The summed E-state index contributed by atoms with van der Waals surface area (Å²) in [4.78, 5) is 11.7. The Morgan fingerprint density at radius 3 is 2.87 bits per heavy atom. The molecule has 0 spiro atoms. The molecule has 1 aromatic heterocycles. The Balaban J connectivity index is 2.62. The molecule has 2 N–H and O–H groups in total. The van der Waals surface area contributed by atoms with Crippen molar-refractivity contribution in [3.63, 3.8) is 0 Å². The average molecular weight is 201 g/mol. The summed E-state index contributed by atoms with van der Waals surface area (Å²) >= 11 is 0. The fourth-order valence-corrected chi connectivity index (χ4v) is 1.46. The fourth-order valence-electron chi connectivity index (χ4n) is 1.46. The molecule has 76 valence electrons. The van der Waals surface area contributed by atoms with E-state index in [0.717, 1.165) is 0 Å². The molecule has 0 aliphatic rings. The van der Waals surface area contributed by atoms with Crippen LogP contribution in [0.1, 0.15) is 5.76 Å². The van der Waals surface area contributed by atoms with E-state index >= 15 is 0 Å². The maximum atomic E-state index is 11.7. The molecule has 2 rings (SSSR count). The van der Waals surface area contributed by atoms with Crippen LogP contribution in [0.5, 0.6) is 0 Å². The van der Waals surface area contributed by atoms with Crippen molar-refractivity contribution in [3.05, 3.63) is 58.6 Å². The molecular weight excluding hydrogens is 190 g/mol. The molecule has 0 saturated heterocycles. The smallest absolute Gasteiger partial charge is 0.192 e. The maximum Gasteiger partial charge on any atom is 0.192 e. The van der Waals surface area contributed by atoms with Gasteiger partial charge in [-0.3, -0.25) is 4.79 Å². The van der Waals surface area contributed by atoms with Crippen molar-refractivity contribution in [1.82, 2.24) is 0 Å². The largest absolute Gasteiger partial charge is 0.460 e. The predicted octanol–water partition coefficient (Wildman–Crippen LogP) is 1.81. The van der Waals surface area contributed by atoms with Gasteiger partial charge in [-0.1, -0.05) is 18.7 Å². The molecule has 1 heterocycles. The van der Waals surface area contributed by atoms with Crippen LogP contribution in [0.25, 0.3) is 11.0 Å². The van der Waals surface area contributed by atoms with Gasteiger partial charge in [-0.15, -0.1) is 0 Å². The molecule has 0 amide bonds. The van der Waals surface area contributed by atoms with Gasteiger partial charge in [0.25, 0.3) is 0 Å². The third-order valence-electron chi connectivity index (χ3n) is 2.09. The standard InChI is InChI=1S/C12H11NO2/c1-8(13)6-9-7-11(14)10-4-2-3-5-12(10)15-9/h2-5,7H,1,6,13H2. The lowest BCUT2D eigenvalue weighted by Gasteiger charge is -2.01. The first-order chi connectivity index (χ1) is 7.16. The zero-order valence-electron chi connectivity index (χ0n) is 8.19. The Labute approximate surface area is 86.8 Å². The van der Waals surface area contributed by atoms with E-state index in [1.54, 1.807) is 18.2 Å². The molecule has 0 radical (unpaired) electrons. The van der Waals surface area contributed by atoms with Gasteiger partial charge in [0.2, 0.25) is 0 Å². The van der Waals surface area contributed by atoms with Gasteiger partial charge in [-0.25, -0.2) is 0 Å². The van der Waals surface area contributed by atoms with E-state index in [2.05, 4.69) is 6.58 Å². The van der Waals surface area contributed by atoms with Crippen molar-refractivity contribution in [2.24, 2.45) is 5.73 Å². The molecule has 3 nitrogen and oxygen atoms in total. The Hall–Kier alpha value is -2.03. The lowest BCUT2D eigenvalue weighted by molar-refractivity contribution is 0.547. The van der Waals surface area contributed by atoms with Crippen molar-refractivity contribution in [2.75, 3.05) is 0 Å². The van der Waals surface area contributed by atoms with Crippen LogP contribution in [-0.2, 0) is 6.42 Å². The van der Waals surface area contributed by atoms with Crippen molar-refractivity contribution in [2.45, 2.75) is 6.42 Å². The van der Waals surface area contributed by atoms with E-state index in [1.807, 2.05) is 6.07 Å². The summed E-state index contributed by atoms with van der Waals surface area (Å²) in [5, 5.41) is 0.587. The molecule has 0 bridgehead atoms. The number of para-hydroxylation sites is 1. The Bertz CT molecular complexity index is 569. The third-order valence-corrected chi connectivity index (χ3v) is 2.09. The number of hydrogen-bond donors (Lipinski definition) is 1. The first-order valence-corrected chi connectivity index (χ1v) is 4.62. The van der Waals surface area contributed by atoms with Crippen LogP contribution in [0.15, 0.2) is 51.8 Å².